The molecule has 1 heterocycles. The van der Waals surface area contributed by atoms with Crippen LogP contribution >= 0.6 is 24.0 Å². The summed E-state index contributed by atoms with van der Waals surface area (Å²) in [5.41, 5.74) is 0. The van der Waals surface area contributed by atoms with Crippen LogP contribution in [0.15, 0.2) is 23.2 Å². The molecule has 1 amide bonds. The van der Waals surface area contributed by atoms with Crippen molar-refractivity contribution in [3.05, 3.63) is 29.8 Å². The van der Waals surface area contributed by atoms with E-state index in [-0.39, 0.29) is 48.3 Å². The summed E-state index contributed by atoms with van der Waals surface area (Å²) in [4.78, 5) is 19.0. The molecule has 2 fully saturated rings. The lowest BCUT2D eigenvalue weighted by atomic mass is 10.1. The molecule has 2 N–H and O–H groups in total. The quantitative estimate of drug-likeness (QED) is 0.243. The van der Waals surface area contributed by atoms with Gasteiger partial charge in [-0.1, -0.05) is 12.8 Å². The minimum Gasteiger partial charge on any atom is -0.489 e. The lowest BCUT2D eigenvalue weighted by Crippen LogP contribution is -2.45. The van der Waals surface area contributed by atoms with Gasteiger partial charge in [0.05, 0.1) is 6.54 Å². The fourth-order valence-electron chi connectivity index (χ4n) is 3.93. The molecular weight excluding hydrogens is 505 g/mol. The molecule has 1 aromatic carbocycles. The van der Waals surface area contributed by atoms with Gasteiger partial charge >= 0.3 is 0 Å². The summed E-state index contributed by atoms with van der Waals surface area (Å²) in [6.07, 6.45) is 5.25. The minimum atomic E-state index is -0.725. The molecule has 168 valence electrons. The average molecular weight is 536 g/mol. The Balaban J connectivity index is 0.00000320. The zero-order chi connectivity index (χ0) is 20.6. The average Bonchev–Trinajstić information content (AvgIpc) is 3.38. The number of guanidine groups is 1. The van der Waals surface area contributed by atoms with Gasteiger partial charge in [-0.25, -0.2) is 13.8 Å². The van der Waals surface area contributed by atoms with Gasteiger partial charge < -0.3 is 20.3 Å². The van der Waals surface area contributed by atoms with Crippen molar-refractivity contribution in [2.24, 2.45) is 10.9 Å². The van der Waals surface area contributed by atoms with Crippen LogP contribution in [0, 0.1) is 17.6 Å². The van der Waals surface area contributed by atoms with Crippen LogP contribution in [0.5, 0.6) is 5.75 Å². The summed E-state index contributed by atoms with van der Waals surface area (Å²) < 4.78 is 31.8. The molecule has 6 nitrogen and oxygen atoms in total. The number of nitrogens with one attached hydrogen (secondary N) is 2. The molecule has 0 bridgehead atoms. The van der Waals surface area contributed by atoms with Gasteiger partial charge in [-0.05, 0) is 38.3 Å². The number of hydrogen-bond donors (Lipinski definition) is 2. The van der Waals surface area contributed by atoms with E-state index in [1.54, 1.807) is 0 Å². The van der Waals surface area contributed by atoms with E-state index in [9.17, 15) is 13.6 Å². The highest BCUT2D eigenvalue weighted by atomic mass is 127. The maximum Gasteiger partial charge on any atom is 0.225 e. The lowest BCUT2D eigenvalue weighted by molar-refractivity contribution is -0.134. The molecule has 3 rings (SSSR count). The van der Waals surface area contributed by atoms with Crippen LogP contribution in [0.1, 0.15) is 39.0 Å². The van der Waals surface area contributed by atoms with Crippen molar-refractivity contribution in [2.75, 3.05) is 32.8 Å². The number of aliphatic imine (C=N–C) groups is 1. The molecule has 1 aliphatic heterocycles. The number of hydrogen-bond acceptors (Lipinski definition) is 3. The van der Waals surface area contributed by atoms with Crippen molar-refractivity contribution in [2.45, 2.75) is 45.1 Å². The van der Waals surface area contributed by atoms with E-state index in [2.05, 4.69) is 15.6 Å². The Kier molecular flexibility index (Phi) is 10.1. The number of rotatable bonds is 7. The van der Waals surface area contributed by atoms with E-state index in [1.807, 2.05) is 11.8 Å². The van der Waals surface area contributed by atoms with Gasteiger partial charge in [0, 0.05) is 37.7 Å². The topological polar surface area (TPSA) is 66.0 Å². The monoisotopic (exact) mass is 536 g/mol. The van der Waals surface area contributed by atoms with Crippen LogP contribution in [-0.4, -0.2) is 55.6 Å². The van der Waals surface area contributed by atoms with Crippen LogP contribution < -0.4 is 15.4 Å². The predicted molar refractivity (Wildman–Crippen MR) is 123 cm³/mol. The highest BCUT2D eigenvalue weighted by Gasteiger charge is 2.32. The smallest absolute Gasteiger partial charge is 0.225 e. The molecule has 0 radical (unpaired) electrons. The molecule has 1 atom stereocenters. The fraction of sp³-hybridized carbons (Fsp3) is 0.619. The third kappa shape index (κ3) is 6.95. The van der Waals surface area contributed by atoms with Gasteiger partial charge in [-0.15, -0.1) is 24.0 Å². The second-order valence-corrected chi connectivity index (χ2v) is 7.58. The lowest BCUT2D eigenvalue weighted by Gasteiger charge is -2.21. The number of nitrogens with zero attached hydrogens (tertiary/aromatic N) is 2. The van der Waals surface area contributed by atoms with Crippen molar-refractivity contribution in [1.29, 1.82) is 0 Å². The maximum atomic E-state index is 13.6. The molecule has 1 saturated carbocycles. The minimum absolute atomic E-state index is 0. The molecule has 1 aliphatic carbocycles. The molecular formula is C21H31F2IN4O2. The predicted octanol–water partition coefficient (Wildman–Crippen LogP) is 3.31. The van der Waals surface area contributed by atoms with Crippen LogP contribution in [0.3, 0.4) is 0 Å². The molecule has 0 aromatic heterocycles. The Morgan fingerprint density at radius 1 is 1.27 bits per heavy atom. The first-order chi connectivity index (χ1) is 14.1. The molecule has 30 heavy (non-hydrogen) atoms. The molecule has 9 heteroatoms. The van der Waals surface area contributed by atoms with E-state index in [0.717, 1.165) is 50.8 Å². The molecule has 1 unspecified atom stereocenters. The molecule has 2 aliphatic rings. The van der Waals surface area contributed by atoms with Gasteiger partial charge in [0.2, 0.25) is 5.91 Å². The van der Waals surface area contributed by atoms with E-state index < -0.39 is 11.6 Å². The van der Waals surface area contributed by atoms with Crippen LogP contribution in [0.2, 0.25) is 0 Å². The molecule has 1 saturated heterocycles. The van der Waals surface area contributed by atoms with Crippen molar-refractivity contribution in [3.8, 4) is 5.75 Å². The normalized spacial score (nSPS) is 19.5. The Bertz CT molecular complexity index is 729. The van der Waals surface area contributed by atoms with E-state index >= 15 is 0 Å². The van der Waals surface area contributed by atoms with Gasteiger partial charge in [0.15, 0.2) is 17.5 Å². The first-order valence-corrected chi connectivity index (χ1v) is 10.5. The summed E-state index contributed by atoms with van der Waals surface area (Å²) in [5.74, 6) is -0.198. The van der Waals surface area contributed by atoms with Gasteiger partial charge in [0.1, 0.15) is 12.4 Å². The van der Waals surface area contributed by atoms with Gasteiger partial charge in [0.25, 0.3) is 0 Å². The third-order valence-corrected chi connectivity index (χ3v) is 5.40. The zero-order valence-corrected chi connectivity index (χ0v) is 19.7. The van der Waals surface area contributed by atoms with Crippen molar-refractivity contribution < 1.29 is 18.3 Å². The standard InChI is InChI=1S/C21H30F2N4O2.HI/c1-2-24-21(25-10-12-29-19-8-7-16(22)13-18(19)23)26-17-9-11-27(14-17)20(28)15-5-3-4-6-15;/h7-8,13,15,17H,2-6,9-12,14H2,1H3,(H2,24,25,26);1H. The van der Waals surface area contributed by atoms with E-state index in [0.29, 0.717) is 31.5 Å². The second-order valence-electron chi connectivity index (χ2n) is 7.58. The summed E-state index contributed by atoms with van der Waals surface area (Å²) in [5, 5.41) is 6.56. The number of carbonyl (C=O) groups is 1. The molecule has 0 spiro atoms. The fourth-order valence-corrected chi connectivity index (χ4v) is 3.93. The third-order valence-electron chi connectivity index (χ3n) is 5.40. The first-order valence-electron chi connectivity index (χ1n) is 10.5. The van der Waals surface area contributed by atoms with Crippen molar-refractivity contribution in [1.82, 2.24) is 15.5 Å². The summed E-state index contributed by atoms with van der Waals surface area (Å²) in [6, 6.07) is 3.38. The number of amides is 1. The largest absolute Gasteiger partial charge is 0.489 e. The maximum absolute atomic E-state index is 13.6. The van der Waals surface area contributed by atoms with Crippen LogP contribution in [0.25, 0.3) is 0 Å². The number of benzene rings is 1. The Morgan fingerprint density at radius 2 is 2.03 bits per heavy atom. The second kappa shape index (κ2) is 12.3. The highest BCUT2D eigenvalue weighted by Crippen LogP contribution is 2.27. The van der Waals surface area contributed by atoms with Gasteiger partial charge in [-0.3, -0.25) is 4.79 Å². The van der Waals surface area contributed by atoms with E-state index in [4.69, 9.17) is 4.74 Å². The Hall–Kier alpha value is -1.65. The summed E-state index contributed by atoms with van der Waals surface area (Å²) >= 11 is 0. The van der Waals surface area contributed by atoms with Crippen molar-refractivity contribution >= 4 is 35.8 Å². The number of likely N-dealkylation sites (tertiary alicyclic amines) is 1. The Labute approximate surface area is 193 Å². The van der Waals surface area contributed by atoms with Crippen molar-refractivity contribution in [3.63, 3.8) is 0 Å². The number of ether oxygens (including phenoxy) is 1. The zero-order valence-electron chi connectivity index (χ0n) is 17.3. The summed E-state index contributed by atoms with van der Waals surface area (Å²) in [7, 11) is 0. The highest BCUT2D eigenvalue weighted by molar-refractivity contribution is 14.0. The number of carbonyl (C=O) groups excluding carboxylic acids is 1. The SMILES string of the molecule is CCNC(=NCCOc1ccc(F)cc1F)NC1CCN(C(=O)C2CCCC2)C1.I. The van der Waals surface area contributed by atoms with Crippen LogP contribution in [-0.2, 0) is 4.79 Å². The van der Waals surface area contributed by atoms with Gasteiger partial charge in [-0.2, -0.15) is 0 Å². The van der Waals surface area contributed by atoms with E-state index in [1.165, 1.54) is 6.07 Å². The first kappa shape index (κ1) is 24.6. The molecule has 1 aromatic rings. The Morgan fingerprint density at radius 3 is 2.73 bits per heavy atom. The summed E-state index contributed by atoms with van der Waals surface area (Å²) in [6.45, 7) is 4.65. The number of halogens is 3. The van der Waals surface area contributed by atoms with Crippen LogP contribution in [0.4, 0.5) is 8.78 Å².